The number of nitrogens with zero attached hydrogens (tertiary/aromatic N) is 1. The number of carbonyl (C=O) groups excluding carboxylic acids is 2. The monoisotopic (exact) mass is 309 g/mol. The fourth-order valence-electron chi connectivity index (χ4n) is 3.18. The Morgan fingerprint density at radius 1 is 1.04 bits per heavy atom. The molecule has 0 aromatic heterocycles. The SMILES string of the molecule is COC(=O)[C@H]1CCC(=O)N1C(c1ccccc1)c1ccccc1. The molecular weight excluding hydrogens is 290 g/mol. The van der Waals surface area contributed by atoms with E-state index in [9.17, 15) is 9.59 Å². The second kappa shape index (κ2) is 6.65. The Balaban J connectivity index is 2.07. The number of hydrogen-bond acceptors (Lipinski definition) is 3. The lowest BCUT2D eigenvalue weighted by atomic mass is 9.96. The van der Waals surface area contributed by atoms with Crippen molar-refractivity contribution in [3.63, 3.8) is 0 Å². The van der Waals surface area contributed by atoms with Crippen LogP contribution in [0.4, 0.5) is 0 Å². The van der Waals surface area contributed by atoms with Crippen LogP contribution in [0.15, 0.2) is 60.7 Å². The fourth-order valence-corrected chi connectivity index (χ4v) is 3.18. The summed E-state index contributed by atoms with van der Waals surface area (Å²) in [6.07, 6.45) is 0.873. The highest BCUT2D eigenvalue weighted by Crippen LogP contribution is 2.35. The number of benzene rings is 2. The highest BCUT2D eigenvalue weighted by molar-refractivity contribution is 5.88. The van der Waals surface area contributed by atoms with Crippen LogP contribution < -0.4 is 0 Å². The third-order valence-electron chi connectivity index (χ3n) is 4.24. The van der Waals surface area contributed by atoms with Gasteiger partial charge in [0.1, 0.15) is 6.04 Å². The quantitative estimate of drug-likeness (QED) is 0.816. The molecule has 118 valence electrons. The predicted molar refractivity (Wildman–Crippen MR) is 86.6 cm³/mol. The Labute approximate surface area is 135 Å². The molecule has 4 heteroatoms. The van der Waals surface area contributed by atoms with E-state index in [4.69, 9.17) is 4.74 Å². The molecule has 1 heterocycles. The molecule has 3 rings (SSSR count). The molecule has 1 saturated heterocycles. The summed E-state index contributed by atoms with van der Waals surface area (Å²) >= 11 is 0. The number of methoxy groups -OCH3 is 1. The summed E-state index contributed by atoms with van der Waals surface area (Å²) in [4.78, 5) is 26.3. The van der Waals surface area contributed by atoms with Gasteiger partial charge in [0.25, 0.3) is 0 Å². The van der Waals surface area contributed by atoms with Gasteiger partial charge >= 0.3 is 5.97 Å². The van der Waals surface area contributed by atoms with Gasteiger partial charge in [-0.15, -0.1) is 0 Å². The maximum Gasteiger partial charge on any atom is 0.328 e. The fraction of sp³-hybridized carbons (Fsp3) is 0.263. The van der Waals surface area contributed by atoms with Gasteiger partial charge in [0.2, 0.25) is 5.91 Å². The molecule has 0 N–H and O–H groups in total. The zero-order valence-corrected chi connectivity index (χ0v) is 13.0. The first-order valence-electron chi connectivity index (χ1n) is 7.71. The van der Waals surface area contributed by atoms with Crippen molar-refractivity contribution in [2.45, 2.75) is 24.9 Å². The highest BCUT2D eigenvalue weighted by Gasteiger charge is 2.41. The zero-order valence-electron chi connectivity index (χ0n) is 13.0. The van der Waals surface area contributed by atoms with Crippen molar-refractivity contribution in [1.82, 2.24) is 4.90 Å². The predicted octanol–water partition coefficient (Wildman–Crippen LogP) is 2.94. The van der Waals surface area contributed by atoms with Gasteiger partial charge in [-0.3, -0.25) is 4.79 Å². The molecule has 23 heavy (non-hydrogen) atoms. The molecule has 1 fully saturated rings. The van der Waals surface area contributed by atoms with Crippen LogP contribution in [0.1, 0.15) is 30.0 Å². The zero-order chi connectivity index (χ0) is 16.2. The Bertz CT molecular complexity index is 645. The Morgan fingerprint density at radius 2 is 1.57 bits per heavy atom. The van der Waals surface area contributed by atoms with E-state index in [1.165, 1.54) is 7.11 Å². The first kappa shape index (κ1) is 15.3. The molecule has 0 unspecified atom stereocenters. The number of esters is 1. The van der Waals surface area contributed by atoms with Crippen LogP contribution in [0.5, 0.6) is 0 Å². The van der Waals surface area contributed by atoms with Crippen LogP contribution in [-0.2, 0) is 14.3 Å². The molecule has 1 aliphatic heterocycles. The van der Waals surface area contributed by atoms with E-state index in [1.807, 2.05) is 60.7 Å². The van der Waals surface area contributed by atoms with E-state index >= 15 is 0 Å². The number of ether oxygens (including phenoxy) is 1. The number of hydrogen-bond donors (Lipinski definition) is 0. The molecule has 1 amide bonds. The van der Waals surface area contributed by atoms with Crippen LogP contribution in [0.3, 0.4) is 0 Å². The Morgan fingerprint density at radius 3 is 2.04 bits per heavy atom. The van der Waals surface area contributed by atoms with Gasteiger partial charge in [-0.25, -0.2) is 4.79 Å². The van der Waals surface area contributed by atoms with Gasteiger partial charge < -0.3 is 9.64 Å². The van der Waals surface area contributed by atoms with Crippen molar-refractivity contribution >= 4 is 11.9 Å². The highest BCUT2D eigenvalue weighted by atomic mass is 16.5. The van der Waals surface area contributed by atoms with E-state index in [0.29, 0.717) is 12.8 Å². The minimum Gasteiger partial charge on any atom is -0.467 e. The maximum atomic E-state index is 12.5. The van der Waals surface area contributed by atoms with Gasteiger partial charge in [-0.1, -0.05) is 60.7 Å². The summed E-state index contributed by atoms with van der Waals surface area (Å²) in [5.41, 5.74) is 1.98. The minimum atomic E-state index is -0.530. The molecule has 1 aliphatic rings. The van der Waals surface area contributed by atoms with Gasteiger partial charge in [0.05, 0.1) is 13.2 Å². The van der Waals surface area contributed by atoms with Crippen molar-refractivity contribution in [2.24, 2.45) is 0 Å². The number of carbonyl (C=O) groups is 2. The normalized spacial score (nSPS) is 17.6. The molecule has 1 atom stereocenters. The van der Waals surface area contributed by atoms with Crippen molar-refractivity contribution in [1.29, 1.82) is 0 Å². The van der Waals surface area contributed by atoms with E-state index in [0.717, 1.165) is 11.1 Å². The Kier molecular flexibility index (Phi) is 4.42. The average molecular weight is 309 g/mol. The van der Waals surface area contributed by atoms with Gasteiger partial charge in [0, 0.05) is 6.42 Å². The summed E-state index contributed by atoms with van der Waals surface area (Å²) < 4.78 is 4.90. The molecule has 0 saturated carbocycles. The third kappa shape index (κ3) is 2.97. The summed E-state index contributed by atoms with van der Waals surface area (Å²) in [5, 5.41) is 0. The molecular formula is C19H19NO3. The van der Waals surface area contributed by atoms with Crippen molar-refractivity contribution in [3.05, 3.63) is 71.8 Å². The smallest absolute Gasteiger partial charge is 0.328 e. The molecule has 0 aliphatic carbocycles. The van der Waals surface area contributed by atoms with Gasteiger partial charge in [0.15, 0.2) is 0 Å². The van der Waals surface area contributed by atoms with E-state index in [-0.39, 0.29) is 17.9 Å². The lowest BCUT2D eigenvalue weighted by Gasteiger charge is -2.32. The first-order chi connectivity index (χ1) is 11.2. The topological polar surface area (TPSA) is 46.6 Å². The summed E-state index contributed by atoms with van der Waals surface area (Å²) in [7, 11) is 1.36. The standard InChI is InChI=1S/C19H19NO3/c1-23-19(22)16-12-13-17(21)20(16)18(14-8-4-2-5-9-14)15-10-6-3-7-11-15/h2-11,16,18H,12-13H2,1H3/t16-/m1/s1. The van der Waals surface area contributed by atoms with E-state index < -0.39 is 6.04 Å². The molecule has 2 aromatic rings. The van der Waals surface area contributed by atoms with Crippen molar-refractivity contribution in [2.75, 3.05) is 7.11 Å². The van der Waals surface area contributed by atoms with Gasteiger partial charge in [-0.05, 0) is 17.5 Å². The minimum absolute atomic E-state index is 0.0156. The second-order valence-electron chi connectivity index (χ2n) is 5.60. The van der Waals surface area contributed by atoms with Crippen molar-refractivity contribution in [3.8, 4) is 0 Å². The van der Waals surface area contributed by atoms with Crippen LogP contribution >= 0.6 is 0 Å². The summed E-state index contributed by atoms with van der Waals surface area (Å²) in [5.74, 6) is -0.370. The van der Waals surface area contributed by atoms with Crippen LogP contribution in [0.25, 0.3) is 0 Å². The molecule has 0 spiro atoms. The molecule has 0 bridgehead atoms. The largest absolute Gasteiger partial charge is 0.467 e. The number of rotatable bonds is 4. The van der Waals surface area contributed by atoms with Crippen molar-refractivity contribution < 1.29 is 14.3 Å². The number of likely N-dealkylation sites (tertiary alicyclic amines) is 1. The lowest BCUT2D eigenvalue weighted by molar-refractivity contribution is -0.150. The van der Waals surface area contributed by atoms with E-state index in [2.05, 4.69) is 0 Å². The van der Waals surface area contributed by atoms with Crippen LogP contribution in [-0.4, -0.2) is 29.9 Å². The lowest BCUT2D eigenvalue weighted by Crippen LogP contribution is -2.42. The van der Waals surface area contributed by atoms with Gasteiger partial charge in [-0.2, -0.15) is 0 Å². The molecule has 0 radical (unpaired) electrons. The maximum absolute atomic E-state index is 12.5. The summed E-state index contributed by atoms with van der Waals surface area (Å²) in [6, 6.07) is 18.8. The second-order valence-corrected chi connectivity index (χ2v) is 5.60. The molecule has 2 aromatic carbocycles. The van der Waals surface area contributed by atoms with Crippen LogP contribution in [0.2, 0.25) is 0 Å². The average Bonchev–Trinajstić information content (AvgIpc) is 2.98. The van der Waals surface area contributed by atoms with E-state index in [1.54, 1.807) is 4.90 Å². The first-order valence-corrected chi connectivity index (χ1v) is 7.71. The summed E-state index contributed by atoms with van der Waals surface area (Å²) in [6.45, 7) is 0. The Hall–Kier alpha value is -2.62. The van der Waals surface area contributed by atoms with Crippen LogP contribution in [0, 0.1) is 0 Å². The number of amides is 1. The molecule has 4 nitrogen and oxygen atoms in total. The third-order valence-corrected chi connectivity index (χ3v) is 4.24.